The second-order valence-electron chi connectivity index (χ2n) is 8.14. The van der Waals surface area contributed by atoms with Crippen LogP contribution in [0.25, 0.3) is 11.4 Å². The largest absolute Gasteiger partial charge is 1.00 e. The van der Waals surface area contributed by atoms with Crippen molar-refractivity contribution < 1.29 is 41.5 Å². The van der Waals surface area contributed by atoms with Crippen molar-refractivity contribution in [3.63, 3.8) is 0 Å². The normalized spacial score (nSPS) is 13.4. The molecular weight excluding hydrogens is 466 g/mol. The van der Waals surface area contributed by atoms with Gasteiger partial charge in [0, 0.05) is 17.7 Å². The van der Waals surface area contributed by atoms with Crippen LogP contribution in [0, 0.1) is 20.4 Å². The molecule has 0 radical (unpaired) electrons. The molecule has 7 nitrogen and oxygen atoms in total. The molecule has 1 aliphatic rings. The van der Waals surface area contributed by atoms with E-state index in [1.807, 2.05) is 6.92 Å². The second-order valence-corrected chi connectivity index (χ2v) is 8.14. The Balaban J connectivity index is 0.00000361. The maximum atomic E-state index is 12.5. The summed E-state index contributed by atoms with van der Waals surface area (Å²) in [4.78, 5) is 20.9. The fraction of sp³-hybridized carbons (Fsp3) is 0.320. The third kappa shape index (κ3) is 6.31. The van der Waals surface area contributed by atoms with Gasteiger partial charge in [-0.25, -0.2) is 15.0 Å². The Hall–Kier alpha value is -3.22. The zero-order valence-electron chi connectivity index (χ0n) is 20.3. The van der Waals surface area contributed by atoms with Crippen molar-refractivity contribution in [2.75, 3.05) is 7.11 Å². The van der Waals surface area contributed by atoms with E-state index in [9.17, 15) is 13.2 Å². The van der Waals surface area contributed by atoms with Crippen LogP contribution < -0.4 is 28.3 Å². The molecule has 0 amide bonds. The summed E-state index contributed by atoms with van der Waals surface area (Å²) in [5, 5.41) is 0. The monoisotopic (exact) mass is 488 g/mol. The van der Waals surface area contributed by atoms with Crippen LogP contribution in [-0.4, -0.2) is 39.4 Å². The number of alkyl halides is 3. The Morgan fingerprint density at radius 3 is 2.53 bits per heavy atom. The molecule has 2 aromatic heterocycles. The van der Waals surface area contributed by atoms with E-state index in [4.69, 9.17) is 16.1 Å². The topological polar surface area (TPSA) is 82.4 Å². The third-order valence-corrected chi connectivity index (χ3v) is 5.40. The first-order chi connectivity index (χ1) is 16.7. The number of nitrogens with zero attached hydrogens (tertiary/aromatic N) is 5. The Kier molecular flexibility index (Phi) is 8.54. The van der Waals surface area contributed by atoms with Gasteiger partial charge in [0.05, 0.1) is 12.8 Å². The van der Waals surface area contributed by atoms with E-state index in [0.717, 1.165) is 29.7 Å². The second kappa shape index (κ2) is 11.2. The predicted molar refractivity (Wildman–Crippen MR) is 122 cm³/mol. The SMILES string of the molecule is [CH-]=C(N=[C-]c1ccc(COc2nc(-c3c(OC)ncnc3C3CC3)ncc2C)cc1C)C(F)(F)F.[Li+]. The number of aliphatic imine (C=N–C) groups is 1. The molecule has 1 fully saturated rings. The molecule has 0 unspecified atom stereocenters. The van der Waals surface area contributed by atoms with Gasteiger partial charge in [-0.05, 0) is 31.5 Å². The number of ether oxygens (including phenoxy) is 2. The third-order valence-electron chi connectivity index (χ3n) is 5.40. The molecule has 0 atom stereocenters. The molecule has 2 heterocycles. The van der Waals surface area contributed by atoms with Crippen LogP contribution in [0.4, 0.5) is 13.2 Å². The van der Waals surface area contributed by atoms with Crippen molar-refractivity contribution in [1.29, 1.82) is 0 Å². The van der Waals surface area contributed by atoms with Crippen molar-refractivity contribution >= 4 is 6.21 Å². The number of methoxy groups -OCH3 is 1. The van der Waals surface area contributed by atoms with Gasteiger partial charge < -0.3 is 21.0 Å². The molecule has 1 aromatic carbocycles. The minimum absolute atomic E-state index is 0. The Morgan fingerprint density at radius 2 is 1.89 bits per heavy atom. The number of benzene rings is 1. The Bertz CT molecular complexity index is 1290. The van der Waals surface area contributed by atoms with E-state index in [1.54, 1.807) is 31.3 Å². The average molecular weight is 488 g/mol. The summed E-state index contributed by atoms with van der Waals surface area (Å²) in [7, 11) is 1.54. The Morgan fingerprint density at radius 1 is 1.14 bits per heavy atom. The summed E-state index contributed by atoms with van der Waals surface area (Å²) in [6.45, 7) is 8.68. The predicted octanol–water partition coefficient (Wildman–Crippen LogP) is 2.19. The van der Waals surface area contributed by atoms with E-state index < -0.39 is 11.9 Å². The van der Waals surface area contributed by atoms with Gasteiger partial charge in [0.15, 0.2) is 5.82 Å². The van der Waals surface area contributed by atoms with Gasteiger partial charge in [-0.2, -0.15) is 18.2 Å². The van der Waals surface area contributed by atoms with Crippen LogP contribution in [0.15, 0.2) is 41.4 Å². The van der Waals surface area contributed by atoms with Crippen molar-refractivity contribution in [2.24, 2.45) is 4.99 Å². The van der Waals surface area contributed by atoms with Crippen LogP contribution >= 0.6 is 0 Å². The first-order valence-electron chi connectivity index (χ1n) is 10.8. The zero-order chi connectivity index (χ0) is 25.2. The molecule has 0 bridgehead atoms. The molecule has 1 saturated carbocycles. The van der Waals surface area contributed by atoms with Crippen LogP contribution in [0.2, 0.25) is 0 Å². The van der Waals surface area contributed by atoms with Gasteiger partial charge in [0.1, 0.15) is 18.5 Å². The summed E-state index contributed by atoms with van der Waals surface area (Å²) in [5.41, 5.74) is 2.66. The first kappa shape index (κ1) is 27.4. The number of hydrogen-bond donors (Lipinski definition) is 0. The number of aromatic nitrogens is 4. The molecule has 36 heavy (non-hydrogen) atoms. The molecule has 182 valence electrons. The van der Waals surface area contributed by atoms with Crippen LogP contribution in [-0.2, 0) is 6.61 Å². The number of rotatable bonds is 8. The van der Waals surface area contributed by atoms with Gasteiger partial charge >= 0.3 is 25.0 Å². The minimum atomic E-state index is -4.70. The molecule has 0 aliphatic heterocycles. The van der Waals surface area contributed by atoms with Crippen molar-refractivity contribution in [2.45, 2.75) is 45.4 Å². The van der Waals surface area contributed by atoms with E-state index in [-0.39, 0.29) is 25.5 Å². The molecule has 4 rings (SSSR count). The standard InChI is InChI=1S/C25H22F3N5O2.Li/c1-14-9-17(5-6-19(14)11-29-16(3)25(26,27)28)12-35-23-15(2)10-30-22(33-23)20-21(18-7-8-18)31-13-32-24(20)34-4;/h3,5-6,9-10,13,18H,7-8,12H2,1-2,4H3;/q-2;+1. The minimum Gasteiger partial charge on any atom is -0.536 e. The first-order valence-corrected chi connectivity index (χ1v) is 10.8. The molecule has 0 spiro atoms. The van der Waals surface area contributed by atoms with Crippen LogP contribution in [0.3, 0.4) is 0 Å². The molecule has 0 saturated heterocycles. The van der Waals surface area contributed by atoms with Crippen molar-refractivity contribution in [3.8, 4) is 23.1 Å². The summed E-state index contributed by atoms with van der Waals surface area (Å²) < 4.78 is 49.0. The molecule has 1 aliphatic carbocycles. The summed E-state index contributed by atoms with van der Waals surface area (Å²) in [6, 6.07) is 5.09. The maximum absolute atomic E-state index is 12.5. The summed E-state index contributed by atoms with van der Waals surface area (Å²) in [5.74, 6) is 1.55. The zero-order valence-corrected chi connectivity index (χ0v) is 20.3. The van der Waals surface area contributed by atoms with Gasteiger partial charge in [0.25, 0.3) is 0 Å². The number of allylic oxidation sites excluding steroid dienone is 1. The quantitative estimate of drug-likeness (QED) is 0.275. The van der Waals surface area contributed by atoms with Crippen molar-refractivity contribution in [3.05, 3.63) is 70.9 Å². The Labute approximate surface area is 219 Å². The van der Waals surface area contributed by atoms with Gasteiger partial charge in [-0.15, -0.1) is 22.9 Å². The van der Waals surface area contributed by atoms with Gasteiger partial charge in [-0.3, -0.25) is 0 Å². The molecule has 11 heteroatoms. The van der Waals surface area contributed by atoms with Gasteiger partial charge in [-0.1, -0.05) is 19.1 Å². The van der Waals surface area contributed by atoms with E-state index >= 15 is 0 Å². The van der Waals surface area contributed by atoms with E-state index in [0.29, 0.717) is 40.2 Å². The smallest absolute Gasteiger partial charge is 0.536 e. The summed E-state index contributed by atoms with van der Waals surface area (Å²) >= 11 is 0. The van der Waals surface area contributed by atoms with Gasteiger partial charge in [0.2, 0.25) is 11.8 Å². The fourth-order valence-corrected chi connectivity index (χ4v) is 3.38. The fourth-order valence-electron chi connectivity index (χ4n) is 3.38. The number of halogens is 3. The van der Waals surface area contributed by atoms with Crippen LogP contribution in [0.5, 0.6) is 11.8 Å². The number of aryl methyl sites for hydroxylation is 2. The van der Waals surface area contributed by atoms with Crippen LogP contribution in [0.1, 0.15) is 46.7 Å². The summed E-state index contributed by atoms with van der Waals surface area (Å²) in [6.07, 6.45) is 2.88. The molecular formula is C25H22F3LiN5O2-. The van der Waals surface area contributed by atoms with E-state index in [1.165, 1.54) is 13.4 Å². The maximum Gasteiger partial charge on any atom is 1.00 e. The van der Waals surface area contributed by atoms with Crippen molar-refractivity contribution in [1.82, 2.24) is 19.9 Å². The molecule has 3 aromatic rings. The number of hydrogen-bond acceptors (Lipinski definition) is 7. The molecule has 0 N–H and O–H groups in total. The van der Waals surface area contributed by atoms with E-state index in [2.05, 4.69) is 31.1 Å². The average Bonchev–Trinajstić information content (AvgIpc) is 3.67.